The van der Waals surface area contributed by atoms with E-state index in [2.05, 4.69) is 23.3 Å². The van der Waals surface area contributed by atoms with Gasteiger partial charge in [0.25, 0.3) is 0 Å². The van der Waals surface area contributed by atoms with Gasteiger partial charge in [0.05, 0.1) is 11.9 Å². The largest absolute Gasteiger partial charge is 0.217 e. The molecule has 1 aliphatic rings. The number of hydrogen-bond donors (Lipinski definition) is 0. The second kappa shape index (κ2) is 6.10. The van der Waals surface area contributed by atoms with Crippen molar-refractivity contribution < 1.29 is 0 Å². The van der Waals surface area contributed by atoms with Crippen molar-refractivity contribution in [3.63, 3.8) is 0 Å². The van der Waals surface area contributed by atoms with Crippen molar-refractivity contribution in [1.29, 1.82) is 0 Å². The molecule has 0 atom stereocenters. The standard InChI is InChI=1S/C15H15N3S2.BrH/c1-19-15-17-18-9-13(16-14(18)20-15)12-7-6-10-4-2-3-5-11(10)8-12;/h6-9H,2-5H2,1H3;1H. The van der Waals surface area contributed by atoms with Crippen LogP contribution in [0.1, 0.15) is 24.0 Å². The zero-order valence-corrected chi connectivity index (χ0v) is 15.1. The number of rotatable bonds is 2. The van der Waals surface area contributed by atoms with Gasteiger partial charge in [0.2, 0.25) is 4.96 Å². The third kappa shape index (κ3) is 2.76. The lowest BCUT2D eigenvalue weighted by Gasteiger charge is -2.15. The van der Waals surface area contributed by atoms with Crippen LogP contribution in [0.3, 0.4) is 0 Å². The topological polar surface area (TPSA) is 30.2 Å². The molecule has 2 heterocycles. The maximum absolute atomic E-state index is 4.71. The zero-order valence-electron chi connectivity index (χ0n) is 11.7. The van der Waals surface area contributed by atoms with Gasteiger partial charge in [0.15, 0.2) is 4.34 Å². The Morgan fingerprint density at radius 1 is 1.19 bits per heavy atom. The summed E-state index contributed by atoms with van der Waals surface area (Å²) >= 11 is 3.31. The maximum atomic E-state index is 4.71. The molecule has 0 bridgehead atoms. The van der Waals surface area contributed by atoms with Gasteiger partial charge < -0.3 is 0 Å². The van der Waals surface area contributed by atoms with E-state index in [1.165, 1.54) is 42.4 Å². The summed E-state index contributed by atoms with van der Waals surface area (Å²) in [5.41, 5.74) is 5.27. The number of nitrogens with zero attached hydrogens (tertiary/aromatic N) is 3. The highest BCUT2D eigenvalue weighted by molar-refractivity contribution is 8.93. The molecule has 0 N–H and O–H groups in total. The van der Waals surface area contributed by atoms with E-state index in [4.69, 9.17) is 4.98 Å². The molecule has 6 heteroatoms. The lowest BCUT2D eigenvalue weighted by Crippen LogP contribution is -2.02. The lowest BCUT2D eigenvalue weighted by atomic mass is 9.90. The number of aryl methyl sites for hydroxylation is 2. The minimum Gasteiger partial charge on any atom is -0.217 e. The van der Waals surface area contributed by atoms with Gasteiger partial charge in [-0.05, 0) is 49.1 Å². The summed E-state index contributed by atoms with van der Waals surface area (Å²) in [6, 6.07) is 6.79. The van der Waals surface area contributed by atoms with Gasteiger partial charge in [-0.15, -0.1) is 22.1 Å². The first kappa shape index (κ1) is 15.1. The molecule has 0 saturated heterocycles. The highest BCUT2D eigenvalue weighted by Crippen LogP contribution is 2.29. The van der Waals surface area contributed by atoms with E-state index < -0.39 is 0 Å². The summed E-state index contributed by atoms with van der Waals surface area (Å²) in [4.78, 5) is 5.68. The second-order valence-electron chi connectivity index (χ2n) is 5.12. The minimum atomic E-state index is 0. The van der Waals surface area contributed by atoms with Crippen molar-refractivity contribution in [1.82, 2.24) is 14.6 Å². The van der Waals surface area contributed by atoms with Crippen LogP contribution in [0.2, 0.25) is 0 Å². The Labute approximate surface area is 142 Å². The molecule has 0 unspecified atom stereocenters. The van der Waals surface area contributed by atoms with Gasteiger partial charge in [0.1, 0.15) is 0 Å². The average Bonchev–Trinajstić information content (AvgIpc) is 3.04. The lowest BCUT2D eigenvalue weighted by molar-refractivity contribution is 0.686. The summed E-state index contributed by atoms with van der Waals surface area (Å²) in [5, 5.41) is 4.50. The second-order valence-corrected chi connectivity index (χ2v) is 7.13. The summed E-state index contributed by atoms with van der Waals surface area (Å²) in [6.45, 7) is 0. The van der Waals surface area contributed by atoms with E-state index in [9.17, 15) is 0 Å². The van der Waals surface area contributed by atoms with Gasteiger partial charge in [-0.1, -0.05) is 35.2 Å². The Bertz CT molecular complexity index is 747. The molecule has 1 aliphatic carbocycles. The quantitative estimate of drug-likeness (QED) is 0.605. The normalized spacial score (nSPS) is 14.0. The van der Waals surface area contributed by atoms with Crippen molar-refractivity contribution in [2.45, 2.75) is 30.0 Å². The zero-order chi connectivity index (χ0) is 13.5. The Hall–Kier alpha value is -0.850. The number of fused-ring (bicyclic) bond motifs is 2. The molecular weight excluding hydrogens is 366 g/mol. The van der Waals surface area contributed by atoms with Crippen LogP contribution in [0.4, 0.5) is 0 Å². The van der Waals surface area contributed by atoms with Crippen LogP contribution < -0.4 is 0 Å². The SMILES string of the molecule is Br.CSc1nn2cc(-c3ccc4c(c3)CCCC4)nc2s1. The number of benzene rings is 1. The third-order valence-corrected chi connectivity index (χ3v) is 5.74. The van der Waals surface area contributed by atoms with Gasteiger partial charge in [-0.25, -0.2) is 9.50 Å². The molecule has 0 amide bonds. The predicted molar refractivity (Wildman–Crippen MR) is 95.0 cm³/mol. The monoisotopic (exact) mass is 381 g/mol. The summed E-state index contributed by atoms with van der Waals surface area (Å²) < 4.78 is 2.95. The Morgan fingerprint density at radius 2 is 2.00 bits per heavy atom. The molecular formula is C15H16BrN3S2. The maximum Gasteiger partial charge on any atom is 0.213 e. The van der Waals surface area contributed by atoms with Crippen molar-refractivity contribution in [2.24, 2.45) is 0 Å². The van der Waals surface area contributed by atoms with Crippen molar-refractivity contribution >= 4 is 45.0 Å². The van der Waals surface area contributed by atoms with Crippen LogP contribution in [-0.4, -0.2) is 20.9 Å². The first-order valence-corrected chi connectivity index (χ1v) is 8.90. The van der Waals surface area contributed by atoms with Gasteiger partial charge >= 0.3 is 0 Å². The van der Waals surface area contributed by atoms with E-state index in [0.717, 1.165) is 15.0 Å². The summed E-state index contributed by atoms with van der Waals surface area (Å²) in [7, 11) is 0. The fraction of sp³-hybridized carbons (Fsp3) is 0.333. The fourth-order valence-corrected chi connectivity index (χ4v) is 4.14. The number of aromatic nitrogens is 3. The molecule has 3 nitrogen and oxygen atoms in total. The Balaban J connectivity index is 0.00000132. The van der Waals surface area contributed by atoms with Crippen LogP contribution >= 0.6 is 40.1 Å². The van der Waals surface area contributed by atoms with Crippen molar-refractivity contribution in [2.75, 3.05) is 6.26 Å². The highest BCUT2D eigenvalue weighted by Gasteiger charge is 2.13. The van der Waals surface area contributed by atoms with Gasteiger partial charge in [-0.3, -0.25) is 0 Å². The van der Waals surface area contributed by atoms with E-state index in [0.29, 0.717) is 0 Å². The first-order valence-electron chi connectivity index (χ1n) is 6.86. The number of thioether (sulfide) groups is 1. The minimum absolute atomic E-state index is 0. The van der Waals surface area contributed by atoms with E-state index >= 15 is 0 Å². The molecule has 1 aromatic carbocycles. The summed E-state index contributed by atoms with van der Waals surface area (Å²) in [6.07, 6.45) is 9.16. The van der Waals surface area contributed by atoms with Crippen LogP contribution in [0.5, 0.6) is 0 Å². The molecule has 0 saturated carbocycles. The molecule has 0 spiro atoms. The Kier molecular flexibility index (Phi) is 4.38. The number of imidazole rings is 1. The fourth-order valence-electron chi connectivity index (χ4n) is 2.80. The Morgan fingerprint density at radius 3 is 2.76 bits per heavy atom. The average molecular weight is 382 g/mol. The molecule has 21 heavy (non-hydrogen) atoms. The number of hydrogen-bond acceptors (Lipinski definition) is 4. The molecule has 0 aliphatic heterocycles. The van der Waals surface area contributed by atoms with Gasteiger partial charge in [-0.2, -0.15) is 0 Å². The molecule has 4 rings (SSSR count). The van der Waals surface area contributed by atoms with E-state index in [1.807, 2.05) is 17.0 Å². The van der Waals surface area contributed by atoms with Gasteiger partial charge in [0, 0.05) is 5.56 Å². The highest BCUT2D eigenvalue weighted by atomic mass is 79.9. The predicted octanol–water partition coefficient (Wildman–Crippen LogP) is 4.64. The van der Waals surface area contributed by atoms with Crippen molar-refractivity contribution in [3.8, 4) is 11.3 Å². The smallest absolute Gasteiger partial charge is 0.213 e. The molecule has 0 fully saturated rings. The molecule has 2 aromatic heterocycles. The van der Waals surface area contributed by atoms with Crippen LogP contribution in [-0.2, 0) is 12.8 Å². The first-order chi connectivity index (χ1) is 9.83. The third-order valence-electron chi connectivity index (χ3n) is 3.84. The molecule has 110 valence electrons. The van der Waals surface area contributed by atoms with E-state index in [-0.39, 0.29) is 17.0 Å². The van der Waals surface area contributed by atoms with E-state index in [1.54, 1.807) is 23.1 Å². The number of halogens is 1. The van der Waals surface area contributed by atoms with Crippen LogP contribution in [0, 0.1) is 0 Å². The molecule has 3 aromatic rings. The summed E-state index contributed by atoms with van der Waals surface area (Å²) in [5.74, 6) is 0. The molecule has 0 radical (unpaired) electrons. The van der Waals surface area contributed by atoms with Crippen LogP contribution in [0.25, 0.3) is 16.2 Å². The van der Waals surface area contributed by atoms with Crippen molar-refractivity contribution in [3.05, 3.63) is 35.5 Å². The van der Waals surface area contributed by atoms with Crippen LogP contribution in [0.15, 0.2) is 28.7 Å².